The van der Waals surface area contributed by atoms with Crippen molar-refractivity contribution < 1.29 is 0 Å². The first-order valence-electron chi connectivity index (χ1n) is 6.92. The second-order valence-electron chi connectivity index (χ2n) is 5.17. The smallest absolute Gasteiger partial charge is 0.0375 e. The number of rotatable bonds is 4. The molecule has 1 aromatic rings. The molecule has 116 valence electrons. The van der Waals surface area contributed by atoms with E-state index in [4.69, 9.17) is 0 Å². The largest absolute Gasteiger partial charge is 0.314 e. The maximum atomic E-state index is 3.59. The van der Waals surface area contributed by atoms with Crippen LogP contribution in [-0.2, 0) is 0 Å². The van der Waals surface area contributed by atoms with Gasteiger partial charge in [0.15, 0.2) is 0 Å². The molecule has 0 aliphatic carbocycles. The molecule has 0 radical (unpaired) electrons. The van der Waals surface area contributed by atoms with Crippen LogP contribution in [0.3, 0.4) is 0 Å². The lowest BCUT2D eigenvalue weighted by molar-refractivity contribution is 0.128. The summed E-state index contributed by atoms with van der Waals surface area (Å²) in [6.07, 6.45) is 1.22. The van der Waals surface area contributed by atoms with Crippen LogP contribution in [0.5, 0.6) is 0 Å². The van der Waals surface area contributed by atoms with Crippen molar-refractivity contribution in [3.63, 3.8) is 0 Å². The van der Waals surface area contributed by atoms with Gasteiger partial charge in [-0.15, -0.1) is 24.8 Å². The highest BCUT2D eigenvalue weighted by Gasteiger charge is 2.26. The van der Waals surface area contributed by atoms with Gasteiger partial charge in [0.1, 0.15) is 0 Å². The van der Waals surface area contributed by atoms with Gasteiger partial charge >= 0.3 is 0 Å². The van der Waals surface area contributed by atoms with Crippen molar-refractivity contribution in [1.29, 1.82) is 0 Å². The Balaban J connectivity index is 0.00000180. The van der Waals surface area contributed by atoms with Gasteiger partial charge in [-0.25, -0.2) is 0 Å². The minimum atomic E-state index is 0. The molecule has 0 aromatic heterocycles. The molecule has 2 atom stereocenters. The molecule has 1 aromatic carbocycles. The summed E-state index contributed by atoms with van der Waals surface area (Å²) >= 11 is 3.59. The minimum Gasteiger partial charge on any atom is -0.314 e. The number of nitrogens with zero attached hydrogens (tertiary/aromatic N) is 1. The van der Waals surface area contributed by atoms with Crippen molar-refractivity contribution in [1.82, 2.24) is 10.2 Å². The molecule has 1 saturated heterocycles. The Morgan fingerprint density at radius 1 is 1.25 bits per heavy atom. The van der Waals surface area contributed by atoms with Gasteiger partial charge in [-0.05, 0) is 23.6 Å². The van der Waals surface area contributed by atoms with E-state index >= 15 is 0 Å². The summed E-state index contributed by atoms with van der Waals surface area (Å²) in [5, 5.41) is 3.44. The van der Waals surface area contributed by atoms with Crippen molar-refractivity contribution in [2.75, 3.05) is 26.2 Å². The fourth-order valence-corrected chi connectivity index (χ4v) is 3.19. The highest BCUT2D eigenvalue weighted by molar-refractivity contribution is 9.10. The van der Waals surface area contributed by atoms with Crippen LogP contribution in [0.4, 0.5) is 0 Å². The van der Waals surface area contributed by atoms with E-state index in [1.807, 2.05) is 0 Å². The Labute approximate surface area is 143 Å². The molecule has 0 saturated carbocycles. The van der Waals surface area contributed by atoms with Gasteiger partial charge in [0.25, 0.3) is 0 Å². The van der Waals surface area contributed by atoms with Crippen molar-refractivity contribution in [2.45, 2.75) is 26.3 Å². The van der Waals surface area contributed by atoms with Gasteiger partial charge in [-0.1, -0.05) is 48.3 Å². The van der Waals surface area contributed by atoms with Gasteiger partial charge in [0.05, 0.1) is 0 Å². The van der Waals surface area contributed by atoms with Crippen molar-refractivity contribution >= 4 is 40.7 Å². The van der Waals surface area contributed by atoms with Crippen LogP contribution in [0.1, 0.15) is 31.9 Å². The zero-order chi connectivity index (χ0) is 13.0. The number of piperazine rings is 1. The summed E-state index contributed by atoms with van der Waals surface area (Å²) in [4.78, 5) is 2.63. The van der Waals surface area contributed by atoms with E-state index < -0.39 is 0 Å². The molecule has 2 rings (SSSR count). The molecule has 1 unspecified atom stereocenters. The lowest BCUT2D eigenvalue weighted by Crippen LogP contribution is -2.46. The molecular weight excluding hydrogens is 359 g/mol. The maximum Gasteiger partial charge on any atom is 0.0375 e. The Hall–Kier alpha value is 0.200. The van der Waals surface area contributed by atoms with E-state index in [0.29, 0.717) is 12.0 Å². The van der Waals surface area contributed by atoms with E-state index in [2.05, 4.69) is 64.3 Å². The lowest BCUT2D eigenvalue weighted by Gasteiger charge is -2.38. The average molecular weight is 384 g/mol. The van der Waals surface area contributed by atoms with E-state index in [9.17, 15) is 0 Å². The standard InChI is InChI=1S/C15H23BrN2.2ClH/c1-3-12(2)15(18-9-7-17-8-10-18)13-5-4-6-14(16)11-13;;/h4-6,11-12,15,17H,3,7-10H2,1-2H3;2*1H/t12?,15-;;/m0../s1. The Morgan fingerprint density at radius 2 is 1.90 bits per heavy atom. The predicted molar refractivity (Wildman–Crippen MR) is 95.3 cm³/mol. The van der Waals surface area contributed by atoms with Crippen LogP contribution >= 0.6 is 40.7 Å². The molecule has 1 N–H and O–H groups in total. The number of benzene rings is 1. The maximum absolute atomic E-state index is 3.59. The number of halogens is 3. The van der Waals surface area contributed by atoms with Crippen LogP contribution in [0.15, 0.2) is 28.7 Å². The minimum absolute atomic E-state index is 0. The molecule has 1 fully saturated rings. The zero-order valence-corrected chi connectivity index (χ0v) is 15.4. The second kappa shape index (κ2) is 10.0. The van der Waals surface area contributed by atoms with Crippen molar-refractivity contribution in [3.05, 3.63) is 34.3 Å². The highest BCUT2D eigenvalue weighted by Crippen LogP contribution is 2.32. The first-order valence-corrected chi connectivity index (χ1v) is 7.72. The van der Waals surface area contributed by atoms with Crippen LogP contribution in [-0.4, -0.2) is 31.1 Å². The summed E-state index contributed by atoms with van der Waals surface area (Å²) < 4.78 is 1.18. The van der Waals surface area contributed by atoms with E-state index in [-0.39, 0.29) is 24.8 Å². The van der Waals surface area contributed by atoms with Gasteiger partial charge < -0.3 is 5.32 Å². The number of hydrogen-bond donors (Lipinski definition) is 1. The van der Waals surface area contributed by atoms with Crippen LogP contribution in [0.25, 0.3) is 0 Å². The van der Waals surface area contributed by atoms with E-state index in [1.165, 1.54) is 16.5 Å². The summed E-state index contributed by atoms with van der Waals surface area (Å²) in [6.45, 7) is 9.19. The molecule has 1 heterocycles. The Kier molecular flexibility index (Phi) is 10.1. The van der Waals surface area contributed by atoms with Gasteiger partial charge in [-0.3, -0.25) is 4.90 Å². The summed E-state index contributed by atoms with van der Waals surface area (Å²) in [6, 6.07) is 9.35. The average Bonchev–Trinajstić information content (AvgIpc) is 2.40. The fourth-order valence-electron chi connectivity index (χ4n) is 2.77. The number of hydrogen-bond acceptors (Lipinski definition) is 2. The van der Waals surface area contributed by atoms with Gasteiger partial charge in [0.2, 0.25) is 0 Å². The molecule has 20 heavy (non-hydrogen) atoms. The summed E-state index contributed by atoms with van der Waals surface area (Å²) in [7, 11) is 0. The van der Waals surface area contributed by atoms with Gasteiger partial charge in [0, 0.05) is 36.7 Å². The molecule has 5 heteroatoms. The van der Waals surface area contributed by atoms with E-state index in [0.717, 1.165) is 26.2 Å². The molecule has 1 aliphatic heterocycles. The third kappa shape index (κ3) is 5.19. The van der Waals surface area contributed by atoms with Crippen LogP contribution in [0, 0.1) is 5.92 Å². The van der Waals surface area contributed by atoms with Gasteiger partial charge in [-0.2, -0.15) is 0 Å². The lowest BCUT2D eigenvalue weighted by atomic mass is 9.90. The third-order valence-electron chi connectivity index (χ3n) is 3.92. The summed E-state index contributed by atoms with van der Waals surface area (Å²) in [5.74, 6) is 0.692. The molecule has 2 nitrogen and oxygen atoms in total. The Morgan fingerprint density at radius 3 is 2.45 bits per heavy atom. The second-order valence-corrected chi connectivity index (χ2v) is 6.09. The SMILES string of the molecule is CCC(C)[C@@H](c1cccc(Br)c1)N1CCNCC1.Cl.Cl. The van der Waals surface area contributed by atoms with Crippen LogP contribution in [0.2, 0.25) is 0 Å². The quantitative estimate of drug-likeness (QED) is 0.834. The highest BCUT2D eigenvalue weighted by atomic mass is 79.9. The third-order valence-corrected chi connectivity index (χ3v) is 4.41. The van der Waals surface area contributed by atoms with Crippen molar-refractivity contribution in [2.24, 2.45) is 5.92 Å². The van der Waals surface area contributed by atoms with Crippen LogP contribution < -0.4 is 5.32 Å². The summed E-state index contributed by atoms with van der Waals surface area (Å²) in [5.41, 5.74) is 1.45. The fraction of sp³-hybridized carbons (Fsp3) is 0.600. The molecule has 1 aliphatic rings. The molecule has 0 bridgehead atoms. The van der Waals surface area contributed by atoms with E-state index in [1.54, 1.807) is 0 Å². The Bertz CT molecular complexity index is 384. The monoisotopic (exact) mass is 382 g/mol. The normalized spacial score (nSPS) is 18.6. The number of nitrogens with one attached hydrogen (secondary N) is 1. The molecule has 0 amide bonds. The molecular formula is C15H25BrCl2N2. The molecule has 0 spiro atoms. The van der Waals surface area contributed by atoms with Crippen molar-refractivity contribution in [3.8, 4) is 0 Å². The topological polar surface area (TPSA) is 15.3 Å². The zero-order valence-electron chi connectivity index (χ0n) is 12.1. The first-order chi connectivity index (χ1) is 8.72. The first kappa shape index (κ1) is 20.2. The predicted octanol–water partition coefficient (Wildman–Crippen LogP) is 4.29.